The number of nitrogens with zero attached hydrogens (tertiary/aromatic N) is 3. The van der Waals surface area contributed by atoms with Crippen molar-refractivity contribution in [3.05, 3.63) is 48.2 Å². The predicted molar refractivity (Wildman–Crippen MR) is 75.4 cm³/mol. The van der Waals surface area contributed by atoms with Crippen LogP contribution in [0.5, 0.6) is 5.88 Å². The maximum Gasteiger partial charge on any atom is 0.241 e. The minimum atomic E-state index is -0.353. The Morgan fingerprint density at radius 2 is 2.05 bits per heavy atom. The van der Waals surface area contributed by atoms with E-state index in [0.717, 1.165) is 11.1 Å². The number of aromatic amines is 2. The molecule has 7 nitrogen and oxygen atoms in total. The molecule has 7 heteroatoms. The van der Waals surface area contributed by atoms with Crippen molar-refractivity contribution in [1.82, 2.24) is 25.4 Å². The highest BCUT2D eigenvalue weighted by Crippen LogP contribution is 2.33. The summed E-state index contributed by atoms with van der Waals surface area (Å²) >= 11 is 0. The second-order valence-electron chi connectivity index (χ2n) is 4.52. The van der Waals surface area contributed by atoms with E-state index in [-0.39, 0.29) is 12.7 Å². The van der Waals surface area contributed by atoms with E-state index >= 15 is 0 Å². The molecule has 1 unspecified atom stereocenters. The molecule has 0 aliphatic heterocycles. The van der Waals surface area contributed by atoms with Crippen LogP contribution in [0.1, 0.15) is 24.5 Å². The molecular weight excluding hydrogens is 270 g/mol. The molecule has 0 aliphatic carbocycles. The second kappa shape index (κ2) is 5.76. The van der Waals surface area contributed by atoms with Crippen LogP contribution in [-0.4, -0.2) is 30.5 Å². The third-order valence-electron chi connectivity index (χ3n) is 3.11. The minimum Gasteiger partial charge on any atom is -0.465 e. The first kappa shape index (κ1) is 13.3. The summed E-state index contributed by atoms with van der Waals surface area (Å²) in [5, 5.41) is 23.0. The molecule has 0 fully saturated rings. The summed E-state index contributed by atoms with van der Waals surface area (Å²) in [5.74, 6) is 0.963. The number of rotatable bonds is 5. The van der Waals surface area contributed by atoms with Gasteiger partial charge in [-0.25, -0.2) is 4.98 Å². The highest BCUT2D eigenvalue weighted by atomic mass is 16.5. The minimum absolute atomic E-state index is 0.143. The Morgan fingerprint density at radius 1 is 1.24 bits per heavy atom. The number of aliphatic hydroxyl groups is 1. The summed E-state index contributed by atoms with van der Waals surface area (Å²) in [5.41, 5.74) is 2.28. The van der Waals surface area contributed by atoms with Gasteiger partial charge in [0.2, 0.25) is 5.88 Å². The summed E-state index contributed by atoms with van der Waals surface area (Å²) in [6, 6.07) is 9.65. The first-order chi connectivity index (χ1) is 10.3. The Kier molecular flexibility index (Phi) is 3.65. The third-order valence-corrected chi connectivity index (χ3v) is 3.11. The third kappa shape index (κ3) is 2.63. The van der Waals surface area contributed by atoms with Crippen LogP contribution in [0.3, 0.4) is 0 Å². The number of aromatic nitrogens is 5. The van der Waals surface area contributed by atoms with E-state index in [4.69, 9.17) is 4.74 Å². The van der Waals surface area contributed by atoms with E-state index < -0.39 is 0 Å². The summed E-state index contributed by atoms with van der Waals surface area (Å²) in [4.78, 5) is 4.06. The van der Waals surface area contributed by atoms with Crippen LogP contribution < -0.4 is 4.74 Å². The number of benzene rings is 1. The SMILES string of the molecule is CC(Oc1n[nH]c(CO)c1-c1ccccc1)c1nc[nH]n1. The molecule has 0 bridgehead atoms. The Morgan fingerprint density at radius 3 is 2.71 bits per heavy atom. The van der Waals surface area contributed by atoms with Gasteiger partial charge in [0.15, 0.2) is 11.9 Å². The molecule has 3 rings (SSSR count). The largest absolute Gasteiger partial charge is 0.465 e. The first-order valence-electron chi connectivity index (χ1n) is 6.55. The van der Waals surface area contributed by atoms with Crippen LogP contribution in [-0.2, 0) is 6.61 Å². The molecule has 0 radical (unpaired) electrons. The van der Waals surface area contributed by atoms with Crippen molar-refractivity contribution in [3.8, 4) is 17.0 Å². The fourth-order valence-electron chi connectivity index (χ4n) is 2.10. The van der Waals surface area contributed by atoms with Crippen LogP contribution in [0.15, 0.2) is 36.7 Å². The number of nitrogens with one attached hydrogen (secondary N) is 2. The maximum atomic E-state index is 9.45. The monoisotopic (exact) mass is 285 g/mol. The van der Waals surface area contributed by atoms with Crippen molar-refractivity contribution in [2.75, 3.05) is 0 Å². The molecule has 0 saturated carbocycles. The first-order valence-corrected chi connectivity index (χ1v) is 6.55. The van der Waals surface area contributed by atoms with E-state index in [9.17, 15) is 5.11 Å². The fraction of sp³-hybridized carbons (Fsp3) is 0.214. The van der Waals surface area contributed by atoms with Crippen molar-refractivity contribution in [3.63, 3.8) is 0 Å². The predicted octanol–water partition coefficient (Wildman–Crippen LogP) is 1.83. The molecule has 2 heterocycles. The standard InChI is InChI=1S/C14H15N5O2/c1-9(13-15-8-16-18-13)21-14-12(11(7-20)17-19-14)10-5-3-2-4-6-10/h2-6,8-9,20H,7H2,1H3,(H,17,19)(H,15,16,18). The van der Waals surface area contributed by atoms with E-state index in [2.05, 4.69) is 25.4 Å². The molecule has 0 amide bonds. The Labute approximate surface area is 121 Å². The molecule has 1 aromatic carbocycles. The second-order valence-corrected chi connectivity index (χ2v) is 4.52. The van der Waals surface area contributed by atoms with Crippen molar-refractivity contribution in [1.29, 1.82) is 0 Å². The topological polar surface area (TPSA) is 99.7 Å². The van der Waals surface area contributed by atoms with Crippen LogP contribution >= 0.6 is 0 Å². The molecule has 108 valence electrons. The van der Waals surface area contributed by atoms with Gasteiger partial charge in [-0.2, -0.15) is 5.10 Å². The molecule has 1 atom stereocenters. The van der Waals surface area contributed by atoms with E-state index in [0.29, 0.717) is 17.4 Å². The van der Waals surface area contributed by atoms with Gasteiger partial charge in [-0.15, -0.1) is 5.10 Å². The maximum absolute atomic E-state index is 9.45. The molecule has 21 heavy (non-hydrogen) atoms. The zero-order valence-corrected chi connectivity index (χ0v) is 11.4. The summed E-state index contributed by atoms with van der Waals surface area (Å²) in [7, 11) is 0. The number of aliphatic hydroxyl groups excluding tert-OH is 1. The Hall–Kier alpha value is -2.67. The van der Waals surface area contributed by atoms with Crippen molar-refractivity contribution in [2.24, 2.45) is 0 Å². The lowest BCUT2D eigenvalue weighted by Crippen LogP contribution is -2.06. The van der Waals surface area contributed by atoms with E-state index in [1.165, 1.54) is 6.33 Å². The lowest BCUT2D eigenvalue weighted by molar-refractivity contribution is 0.208. The highest BCUT2D eigenvalue weighted by Gasteiger charge is 2.20. The van der Waals surface area contributed by atoms with Crippen molar-refractivity contribution < 1.29 is 9.84 Å². The zero-order valence-electron chi connectivity index (χ0n) is 11.4. The average Bonchev–Trinajstić information content (AvgIpc) is 3.17. The van der Waals surface area contributed by atoms with Gasteiger partial charge in [0, 0.05) is 0 Å². The normalized spacial score (nSPS) is 12.3. The smallest absolute Gasteiger partial charge is 0.241 e. The molecule has 0 aliphatic rings. The van der Waals surface area contributed by atoms with Crippen molar-refractivity contribution in [2.45, 2.75) is 19.6 Å². The van der Waals surface area contributed by atoms with E-state index in [1.54, 1.807) is 0 Å². The molecule has 3 N–H and O–H groups in total. The summed E-state index contributed by atoms with van der Waals surface area (Å²) in [6.45, 7) is 1.70. The van der Waals surface area contributed by atoms with Gasteiger partial charge in [-0.1, -0.05) is 30.3 Å². The van der Waals surface area contributed by atoms with Crippen LogP contribution in [0.2, 0.25) is 0 Å². The van der Waals surface area contributed by atoms with Gasteiger partial charge in [0.05, 0.1) is 17.9 Å². The number of hydrogen-bond acceptors (Lipinski definition) is 5. The van der Waals surface area contributed by atoms with Crippen molar-refractivity contribution >= 4 is 0 Å². The molecule has 0 spiro atoms. The van der Waals surface area contributed by atoms with E-state index in [1.807, 2.05) is 37.3 Å². The van der Waals surface area contributed by atoms with Gasteiger partial charge in [0.1, 0.15) is 6.33 Å². The molecule has 3 aromatic rings. The van der Waals surface area contributed by atoms with Crippen LogP contribution in [0, 0.1) is 0 Å². The molecular formula is C14H15N5O2. The highest BCUT2D eigenvalue weighted by molar-refractivity contribution is 5.71. The van der Waals surface area contributed by atoms with Gasteiger partial charge in [-0.3, -0.25) is 10.2 Å². The van der Waals surface area contributed by atoms with Gasteiger partial charge in [0.25, 0.3) is 0 Å². The summed E-state index contributed by atoms with van der Waals surface area (Å²) in [6.07, 6.45) is 1.14. The van der Waals surface area contributed by atoms with Gasteiger partial charge in [-0.05, 0) is 12.5 Å². The number of ether oxygens (including phenoxy) is 1. The number of H-pyrrole nitrogens is 2. The number of hydrogen-bond donors (Lipinski definition) is 3. The molecule has 2 aromatic heterocycles. The lowest BCUT2D eigenvalue weighted by atomic mass is 10.1. The van der Waals surface area contributed by atoms with Gasteiger partial charge >= 0.3 is 0 Å². The van der Waals surface area contributed by atoms with Crippen LogP contribution in [0.4, 0.5) is 0 Å². The Bertz CT molecular complexity index is 693. The zero-order chi connectivity index (χ0) is 14.7. The summed E-state index contributed by atoms with van der Waals surface area (Å²) < 4.78 is 5.83. The van der Waals surface area contributed by atoms with Gasteiger partial charge < -0.3 is 9.84 Å². The quantitative estimate of drug-likeness (QED) is 0.664. The fourth-order valence-corrected chi connectivity index (χ4v) is 2.10. The lowest BCUT2D eigenvalue weighted by Gasteiger charge is -2.11. The molecule has 0 saturated heterocycles. The average molecular weight is 285 g/mol. The van der Waals surface area contributed by atoms with Crippen LogP contribution in [0.25, 0.3) is 11.1 Å². The Balaban J connectivity index is 1.94.